The molecule has 0 aromatic heterocycles. The number of aliphatic hydroxyl groups is 3. The molecule has 5 atom stereocenters. The van der Waals surface area contributed by atoms with Gasteiger partial charge in [0.15, 0.2) is 12.4 Å². The van der Waals surface area contributed by atoms with Crippen molar-refractivity contribution in [3.63, 3.8) is 0 Å². The van der Waals surface area contributed by atoms with Gasteiger partial charge in [0.25, 0.3) is 0 Å². The van der Waals surface area contributed by atoms with Crippen molar-refractivity contribution in [2.24, 2.45) is 0 Å². The smallest absolute Gasteiger partial charge is 0.338 e. The van der Waals surface area contributed by atoms with Gasteiger partial charge in [-0.05, 0) is 41.0 Å². The fraction of sp³-hybridized carbons (Fsp3) is 0.208. The second-order valence-corrected chi connectivity index (χ2v) is 7.82. The number of benzene rings is 3. The lowest BCUT2D eigenvalue weighted by atomic mass is 9.98. The van der Waals surface area contributed by atoms with Gasteiger partial charge < -0.3 is 24.8 Å². The molecule has 8 heteroatoms. The lowest BCUT2D eigenvalue weighted by molar-refractivity contribution is -0.148. The van der Waals surface area contributed by atoms with Crippen molar-refractivity contribution in [3.8, 4) is 11.1 Å². The van der Waals surface area contributed by atoms with Crippen LogP contribution in [0.4, 0.5) is 4.39 Å². The van der Waals surface area contributed by atoms with Crippen LogP contribution in [0.1, 0.15) is 22.0 Å². The average molecular weight is 459 g/mol. The maximum absolute atomic E-state index is 14.1. The van der Waals surface area contributed by atoms with Crippen molar-refractivity contribution in [1.29, 1.82) is 0 Å². The molecule has 0 amide bonds. The van der Waals surface area contributed by atoms with Crippen molar-refractivity contribution >= 4 is 17.6 Å². The van der Waals surface area contributed by atoms with E-state index < -0.39 is 42.5 Å². The molecule has 32 heavy (non-hydrogen) atoms. The first-order valence-corrected chi connectivity index (χ1v) is 10.2. The standard InChI is InChI=1S/C24H20ClFO6/c25-17-11-10-16(12-18(17)26)21(22-19(27)20(28)24(30)32-22)31-23(29)15-8-6-14(7-9-15)13-4-2-1-3-5-13/h1-12,19-22,24,27-28,30H/t19-,20+,21?,22-,24?/m0/s1. The molecule has 0 bridgehead atoms. The number of carbonyl (C=O) groups is 1. The summed E-state index contributed by atoms with van der Waals surface area (Å²) in [5.74, 6) is -1.51. The maximum atomic E-state index is 14.1. The van der Waals surface area contributed by atoms with Gasteiger partial charge in [-0.1, -0.05) is 60.1 Å². The Morgan fingerprint density at radius 3 is 2.19 bits per heavy atom. The summed E-state index contributed by atoms with van der Waals surface area (Å²) in [5.41, 5.74) is 2.25. The molecular formula is C24H20ClFO6. The van der Waals surface area contributed by atoms with Crippen LogP contribution < -0.4 is 0 Å². The molecule has 4 rings (SSSR count). The fourth-order valence-electron chi connectivity index (χ4n) is 3.56. The van der Waals surface area contributed by atoms with E-state index in [4.69, 9.17) is 21.1 Å². The van der Waals surface area contributed by atoms with Crippen LogP contribution in [0, 0.1) is 5.82 Å². The van der Waals surface area contributed by atoms with Crippen molar-refractivity contribution in [1.82, 2.24) is 0 Å². The summed E-state index contributed by atoms with van der Waals surface area (Å²) >= 11 is 5.74. The van der Waals surface area contributed by atoms with Gasteiger partial charge in [-0.15, -0.1) is 0 Å². The van der Waals surface area contributed by atoms with E-state index in [-0.39, 0.29) is 16.1 Å². The van der Waals surface area contributed by atoms with Crippen LogP contribution in [0.3, 0.4) is 0 Å². The Morgan fingerprint density at radius 1 is 0.938 bits per heavy atom. The van der Waals surface area contributed by atoms with Crippen molar-refractivity contribution in [2.45, 2.75) is 30.7 Å². The van der Waals surface area contributed by atoms with Crippen LogP contribution in [0.5, 0.6) is 0 Å². The average Bonchev–Trinajstić information content (AvgIpc) is 3.07. The summed E-state index contributed by atoms with van der Waals surface area (Å²) in [4.78, 5) is 12.9. The largest absolute Gasteiger partial charge is 0.451 e. The number of hydrogen-bond acceptors (Lipinski definition) is 6. The van der Waals surface area contributed by atoms with E-state index in [9.17, 15) is 24.5 Å². The van der Waals surface area contributed by atoms with Crippen molar-refractivity contribution < 1.29 is 34.0 Å². The topological polar surface area (TPSA) is 96.2 Å². The third-order valence-corrected chi connectivity index (χ3v) is 5.61. The minimum absolute atomic E-state index is 0.136. The van der Waals surface area contributed by atoms with Gasteiger partial charge >= 0.3 is 5.97 Å². The first-order valence-electron chi connectivity index (χ1n) is 9.86. The van der Waals surface area contributed by atoms with Crippen LogP contribution >= 0.6 is 11.6 Å². The lowest BCUT2D eigenvalue weighted by Gasteiger charge is -2.26. The molecule has 3 aromatic carbocycles. The molecule has 0 saturated carbocycles. The molecule has 1 saturated heterocycles. The van der Waals surface area contributed by atoms with Gasteiger partial charge in [-0.25, -0.2) is 9.18 Å². The molecule has 1 fully saturated rings. The molecule has 6 nitrogen and oxygen atoms in total. The minimum atomic E-state index is -1.68. The third kappa shape index (κ3) is 4.53. The highest BCUT2D eigenvalue weighted by molar-refractivity contribution is 6.30. The predicted molar refractivity (Wildman–Crippen MR) is 114 cm³/mol. The zero-order valence-corrected chi connectivity index (χ0v) is 17.4. The van der Waals surface area contributed by atoms with E-state index in [1.165, 1.54) is 12.1 Å². The highest BCUT2D eigenvalue weighted by Gasteiger charge is 2.47. The summed E-state index contributed by atoms with van der Waals surface area (Å²) in [5, 5.41) is 29.8. The number of ether oxygens (including phenoxy) is 2. The van der Waals surface area contributed by atoms with Crippen LogP contribution in [-0.4, -0.2) is 45.9 Å². The molecule has 0 spiro atoms. The Hall–Kier alpha value is -2.81. The summed E-state index contributed by atoms with van der Waals surface area (Å²) in [7, 11) is 0. The summed E-state index contributed by atoms with van der Waals surface area (Å²) in [6.45, 7) is 0. The van der Waals surface area contributed by atoms with E-state index in [0.29, 0.717) is 0 Å². The first-order chi connectivity index (χ1) is 15.3. The van der Waals surface area contributed by atoms with Gasteiger partial charge in [-0.3, -0.25) is 0 Å². The molecular weight excluding hydrogens is 439 g/mol. The quantitative estimate of drug-likeness (QED) is 0.507. The monoisotopic (exact) mass is 458 g/mol. The number of esters is 1. The molecule has 3 N–H and O–H groups in total. The molecule has 2 unspecified atom stereocenters. The predicted octanol–water partition coefficient (Wildman–Crippen LogP) is 3.48. The number of rotatable bonds is 5. The van der Waals surface area contributed by atoms with E-state index in [2.05, 4.69) is 0 Å². The Morgan fingerprint density at radius 2 is 1.59 bits per heavy atom. The maximum Gasteiger partial charge on any atom is 0.338 e. The van der Waals surface area contributed by atoms with Crippen molar-refractivity contribution in [2.75, 3.05) is 0 Å². The lowest BCUT2D eigenvalue weighted by Crippen LogP contribution is -2.36. The SMILES string of the molecule is O=C(OC(c1ccc(Cl)c(F)c1)[C@H]1OC(O)[C@H](O)[C@@H]1O)c1ccc(-c2ccccc2)cc1. The van der Waals surface area contributed by atoms with E-state index in [1.807, 2.05) is 30.3 Å². The van der Waals surface area contributed by atoms with E-state index in [1.54, 1.807) is 24.3 Å². The summed E-state index contributed by atoms with van der Waals surface area (Å²) in [6.07, 6.45) is -7.50. The van der Waals surface area contributed by atoms with E-state index >= 15 is 0 Å². The second-order valence-electron chi connectivity index (χ2n) is 7.42. The Labute approximate surface area is 188 Å². The Kier molecular flexibility index (Phi) is 6.55. The van der Waals surface area contributed by atoms with Crippen molar-refractivity contribution in [3.05, 3.63) is 94.8 Å². The van der Waals surface area contributed by atoms with Gasteiger partial charge in [0.2, 0.25) is 0 Å². The van der Waals surface area contributed by atoms with Gasteiger partial charge in [0, 0.05) is 0 Å². The molecule has 1 aliphatic heterocycles. The fourth-order valence-corrected chi connectivity index (χ4v) is 3.68. The summed E-state index contributed by atoms with van der Waals surface area (Å²) < 4.78 is 24.8. The third-order valence-electron chi connectivity index (χ3n) is 5.31. The number of hydrogen-bond donors (Lipinski definition) is 3. The van der Waals surface area contributed by atoms with Gasteiger partial charge in [0.05, 0.1) is 10.6 Å². The second kappa shape index (κ2) is 9.36. The Bertz CT molecular complexity index is 1090. The highest BCUT2D eigenvalue weighted by atomic mass is 35.5. The number of carbonyl (C=O) groups excluding carboxylic acids is 1. The summed E-state index contributed by atoms with van der Waals surface area (Å²) in [6, 6.07) is 20.0. The zero-order valence-electron chi connectivity index (χ0n) is 16.6. The Balaban J connectivity index is 1.60. The zero-order chi connectivity index (χ0) is 22.8. The number of halogens is 2. The van der Waals surface area contributed by atoms with E-state index in [0.717, 1.165) is 17.2 Å². The van der Waals surface area contributed by atoms with Gasteiger partial charge in [0.1, 0.15) is 24.1 Å². The first kappa shape index (κ1) is 22.4. The normalized spacial score (nSPS) is 23.7. The molecule has 3 aromatic rings. The minimum Gasteiger partial charge on any atom is -0.451 e. The molecule has 1 heterocycles. The van der Waals surface area contributed by atoms with Crippen LogP contribution in [-0.2, 0) is 9.47 Å². The highest BCUT2D eigenvalue weighted by Crippen LogP contribution is 2.35. The molecule has 0 radical (unpaired) electrons. The molecule has 0 aliphatic carbocycles. The van der Waals surface area contributed by atoms with Crippen LogP contribution in [0.15, 0.2) is 72.8 Å². The van der Waals surface area contributed by atoms with Gasteiger partial charge in [-0.2, -0.15) is 0 Å². The molecule has 1 aliphatic rings. The van der Waals surface area contributed by atoms with Crippen LogP contribution in [0.25, 0.3) is 11.1 Å². The molecule has 166 valence electrons. The van der Waals surface area contributed by atoms with Crippen LogP contribution in [0.2, 0.25) is 5.02 Å². The number of aliphatic hydroxyl groups excluding tert-OH is 3.